The highest BCUT2D eigenvalue weighted by Gasteiger charge is 2.11. The van der Waals surface area contributed by atoms with E-state index in [4.69, 9.17) is 4.42 Å². The van der Waals surface area contributed by atoms with E-state index in [9.17, 15) is 14.4 Å². The lowest BCUT2D eigenvalue weighted by molar-refractivity contribution is 0.0995. The molecule has 0 saturated heterocycles. The van der Waals surface area contributed by atoms with Gasteiger partial charge in [-0.15, -0.1) is 0 Å². The Balaban J connectivity index is 1.69. The second-order valence-corrected chi connectivity index (χ2v) is 5.94. The van der Waals surface area contributed by atoms with Crippen LogP contribution in [0.25, 0.3) is 0 Å². The van der Waals surface area contributed by atoms with Crippen molar-refractivity contribution in [2.45, 2.75) is 0 Å². The number of aromatic amines is 1. The van der Waals surface area contributed by atoms with Crippen LogP contribution in [0, 0.1) is 0 Å². The van der Waals surface area contributed by atoms with E-state index in [0.29, 0.717) is 15.7 Å². The maximum atomic E-state index is 12.2. The third-order valence-corrected chi connectivity index (χ3v) is 3.72. The molecule has 7 nitrogen and oxygen atoms in total. The van der Waals surface area contributed by atoms with Crippen molar-refractivity contribution in [3.05, 3.63) is 81.1 Å². The fraction of sp³-hybridized carbons (Fsp3) is 0. The molecule has 0 aliphatic carbocycles. The summed E-state index contributed by atoms with van der Waals surface area (Å²) in [7, 11) is 0. The number of hydrogen-bond acceptors (Lipinski definition) is 4. The summed E-state index contributed by atoms with van der Waals surface area (Å²) in [5.41, 5.74) is 0.585. The average molecular weight is 402 g/mol. The Bertz CT molecular complexity index is 962. The first-order chi connectivity index (χ1) is 12.0. The van der Waals surface area contributed by atoms with Crippen LogP contribution in [0.3, 0.4) is 0 Å². The van der Waals surface area contributed by atoms with E-state index < -0.39 is 11.5 Å². The maximum absolute atomic E-state index is 12.2. The molecule has 2 aromatic heterocycles. The fourth-order valence-corrected chi connectivity index (χ4v) is 2.39. The first kappa shape index (κ1) is 16.7. The number of pyridine rings is 1. The molecular weight excluding hydrogens is 390 g/mol. The zero-order valence-corrected chi connectivity index (χ0v) is 14.3. The minimum atomic E-state index is -0.437. The lowest BCUT2D eigenvalue weighted by atomic mass is 10.2. The maximum Gasteiger partial charge on any atom is 0.291 e. The van der Waals surface area contributed by atoms with Crippen LogP contribution >= 0.6 is 15.9 Å². The zero-order valence-electron chi connectivity index (χ0n) is 12.7. The molecule has 3 aromatic rings. The predicted octanol–water partition coefficient (Wildman–Crippen LogP) is 3.24. The number of hydrogen-bond donors (Lipinski definition) is 3. The Morgan fingerprint density at radius 1 is 1.04 bits per heavy atom. The Morgan fingerprint density at radius 2 is 1.80 bits per heavy atom. The van der Waals surface area contributed by atoms with E-state index >= 15 is 0 Å². The summed E-state index contributed by atoms with van der Waals surface area (Å²) in [6.07, 6.45) is 2.89. The number of aromatic nitrogens is 1. The van der Waals surface area contributed by atoms with Crippen molar-refractivity contribution >= 4 is 39.1 Å². The molecule has 0 radical (unpaired) electrons. The first-order valence-electron chi connectivity index (χ1n) is 7.17. The number of carbonyl (C=O) groups is 2. The van der Waals surface area contributed by atoms with Crippen molar-refractivity contribution < 1.29 is 14.0 Å². The molecule has 0 aliphatic heterocycles. The fourth-order valence-electron chi connectivity index (χ4n) is 2.05. The molecular formula is C17H12BrN3O4. The second-order valence-electron chi connectivity index (χ2n) is 5.02. The molecule has 1 aromatic carbocycles. The molecule has 0 saturated carbocycles. The summed E-state index contributed by atoms with van der Waals surface area (Å²) >= 11 is 3.22. The van der Waals surface area contributed by atoms with Crippen molar-refractivity contribution in [3.8, 4) is 0 Å². The summed E-state index contributed by atoms with van der Waals surface area (Å²) in [5, 5.41) is 5.19. The largest absolute Gasteiger partial charge is 0.459 e. The van der Waals surface area contributed by atoms with Gasteiger partial charge in [-0.25, -0.2) is 0 Å². The first-order valence-corrected chi connectivity index (χ1v) is 7.97. The van der Waals surface area contributed by atoms with Crippen LogP contribution in [0.2, 0.25) is 0 Å². The Kier molecular flexibility index (Phi) is 4.80. The second kappa shape index (κ2) is 7.18. The number of amides is 2. The summed E-state index contributed by atoms with van der Waals surface area (Å²) in [6.45, 7) is 0. The van der Waals surface area contributed by atoms with Gasteiger partial charge in [-0.3, -0.25) is 14.4 Å². The molecule has 8 heteroatoms. The van der Waals surface area contributed by atoms with E-state index in [1.807, 2.05) is 0 Å². The molecule has 0 unspecified atom stereocenters. The van der Waals surface area contributed by atoms with Crippen LogP contribution in [0.4, 0.5) is 11.4 Å². The predicted molar refractivity (Wildman–Crippen MR) is 95.8 cm³/mol. The van der Waals surface area contributed by atoms with Gasteiger partial charge in [-0.05, 0) is 58.4 Å². The number of nitrogens with one attached hydrogen (secondary N) is 3. The molecule has 2 amide bonds. The molecule has 3 rings (SSSR count). The van der Waals surface area contributed by atoms with Crippen LogP contribution in [-0.2, 0) is 0 Å². The standard InChI is InChI=1S/C17H12BrN3O4/c18-11-8-13(16(23)19-9-11)21-15(22)10-3-5-12(6-4-10)20-17(24)14-2-1-7-25-14/h1-9H,(H,19,23)(H,20,24)(H,21,22). The topological polar surface area (TPSA) is 104 Å². The van der Waals surface area contributed by atoms with Crippen molar-refractivity contribution in [1.29, 1.82) is 0 Å². The van der Waals surface area contributed by atoms with Crippen LogP contribution in [0.1, 0.15) is 20.9 Å². The lowest BCUT2D eigenvalue weighted by Gasteiger charge is -2.07. The van der Waals surface area contributed by atoms with Gasteiger partial charge in [0.2, 0.25) is 0 Å². The summed E-state index contributed by atoms with van der Waals surface area (Å²) < 4.78 is 5.64. The molecule has 0 fully saturated rings. The number of benzene rings is 1. The SMILES string of the molecule is O=C(Nc1cc(Br)c[nH]c1=O)c1ccc(NC(=O)c2ccco2)cc1. The van der Waals surface area contributed by atoms with E-state index in [-0.39, 0.29) is 17.4 Å². The average Bonchev–Trinajstić information content (AvgIpc) is 3.13. The van der Waals surface area contributed by atoms with Crippen LogP contribution < -0.4 is 16.2 Å². The van der Waals surface area contributed by atoms with Crippen LogP contribution in [-0.4, -0.2) is 16.8 Å². The van der Waals surface area contributed by atoms with Gasteiger partial charge in [0.1, 0.15) is 5.69 Å². The number of furan rings is 1. The highest BCUT2D eigenvalue weighted by molar-refractivity contribution is 9.10. The van der Waals surface area contributed by atoms with Crippen LogP contribution in [0.15, 0.2) is 68.6 Å². The molecule has 0 bridgehead atoms. The minimum absolute atomic E-state index is 0.134. The van der Waals surface area contributed by atoms with Gasteiger partial charge in [0.05, 0.1) is 6.26 Å². The number of anilines is 2. The zero-order chi connectivity index (χ0) is 17.8. The Hall–Kier alpha value is -3.13. The van der Waals surface area contributed by atoms with Crippen molar-refractivity contribution in [2.75, 3.05) is 10.6 Å². The number of H-pyrrole nitrogens is 1. The quantitative estimate of drug-likeness (QED) is 0.623. The molecule has 0 aliphatic rings. The van der Waals surface area contributed by atoms with Gasteiger partial charge in [-0.1, -0.05) is 0 Å². The van der Waals surface area contributed by atoms with Gasteiger partial charge in [0.15, 0.2) is 5.76 Å². The van der Waals surface area contributed by atoms with Crippen LogP contribution in [0.5, 0.6) is 0 Å². The normalized spacial score (nSPS) is 10.3. The Labute approximate surface area is 150 Å². The van der Waals surface area contributed by atoms with Gasteiger partial charge >= 0.3 is 0 Å². The third kappa shape index (κ3) is 4.04. The van der Waals surface area contributed by atoms with Gasteiger partial charge in [-0.2, -0.15) is 0 Å². The molecule has 2 heterocycles. The molecule has 3 N–H and O–H groups in total. The van der Waals surface area contributed by atoms with Gasteiger partial charge in [0.25, 0.3) is 17.4 Å². The lowest BCUT2D eigenvalue weighted by Crippen LogP contribution is -2.19. The summed E-state index contributed by atoms with van der Waals surface area (Å²) in [5.74, 6) is -0.633. The smallest absolute Gasteiger partial charge is 0.291 e. The summed E-state index contributed by atoms with van der Waals surface area (Å²) in [4.78, 5) is 38.3. The van der Waals surface area contributed by atoms with Crippen molar-refractivity contribution in [2.24, 2.45) is 0 Å². The van der Waals surface area contributed by atoms with Crippen molar-refractivity contribution in [3.63, 3.8) is 0 Å². The molecule has 0 atom stereocenters. The third-order valence-electron chi connectivity index (χ3n) is 3.27. The van der Waals surface area contributed by atoms with Crippen molar-refractivity contribution in [1.82, 2.24) is 4.98 Å². The Morgan fingerprint density at radius 3 is 2.48 bits per heavy atom. The van der Waals surface area contributed by atoms with E-state index in [1.54, 1.807) is 36.4 Å². The van der Waals surface area contributed by atoms with Gasteiger partial charge in [0, 0.05) is 21.9 Å². The highest BCUT2D eigenvalue weighted by Crippen LogP contribution is 2.14. The monoisotopic (exact) mass is 401 g/mol. The number of rotatable bonds is 4. The van der Waals surface area contributed by atoms with Gasteiger partial charge < -0.3 is 20.0 Å². The van der Waals surface area contributed by atoms with E-state index in [0.717, 1.165) is 0 Å². The number of carbonyl (C=O) groups excluding carboxylic acids is 2. The molecule has 126 valence electrons. The minimum Gasteiger partial charge on any atom is -0.459 e. The number of halogens is 1. The summed E-state index contributed by atoms with van der Waals surface area (Å²) in [6, 6.07) is 10.9. The van der Waals surface area contributed by atoms with E-state index in [2.05, 4.69) is 31.5 Å². The van der Waals surface area contributed by atoms with E-state index in [1.165, 1.54) is 18.5 Å². The molecule has 25 heavy (non-hydrogen) atoms. The molecule has 0 spiro atoms. The highest BCUT2D eigenvalue weighted by atomic mass is 79.9.